The van der Waals surface area contributed by atoms with Crippen LogP contribution in [0.15, 0.2) is 35.9 Å². The van der Waals surface area contributed by atoms with Crippen LogP contribution < -0.4 is 5.32 Å². The first-order valence-corrected chi connectivity index (χ1v) is 11.2. The van der Waals surface area contributed by atoms with Crippen molar-refractivity contribution in [1.82, 2.24) is 14.8 Å². The molecule has 10 heteroatoms. The van der Waals surface area contributed by atoms with E-state index in [2.05, 4.69) is 10.3 Å². The van der Waals surface area contributed by atoms with Crippen LogP contribution in [0.5, 0.6) is 0 Å². The zero-order valence-corrected chi connectivity index (χ0v) is 18.4. The Labute approximate surface area is 189 Å². The summed E-state index contributed by atoms with van der Waals surface area (Å²) in [6.45, 7) is 3.55. The number of aromatic nitrogens is 1. The largest absolute Gasteiger partial charge is 0.480 e. The van der Waals surface area contributed by atoms with Crippen molar-refractivity contribution in [1.29, 1.82) is 0 Å². The van der Waals surface area contributed by atoms with E-state index in [4.69, 9.17) is 4.74 Å². The van der Waals surface area contributed by atoms with Gasteiger partial charge in [-0.1, -0.05) is 13.0 Å². The van der Waals surface area contributed by atoms with E-state index >= 15 is 0 Å². The number of likely N-dealkylation sites (tertiary alicyclic amines) is 1. The molecule has 2 aromatic rings. The van der Waals surface area contributed by atoms with Gasteiger partial charge >= 0.3 is 12.0 Å². The molecule has 3 amide bonds. The lowest BCUT2D eigenvalue weighted by atomic mass is 10.1. The molecule has 9 nitrogen and oxygen atoms in total. The van der Waals surface area contributed by atoms with Crippen LogP contribution in [0, 0.1) is 0 Å². The van der Waals surface area contributed by atoms with Crippen LogP contribution in [0.25, 0.3) is 6.08 Å². The fourth-order valence-electron chi connectivity index (χ4n) is 3.65. The Morgan fingerprint density at radius 1 is 1.44 bits per heavy atom. The molecule has 0 saturated carbocycles. The maximum Gasteiger partial charge on any atom is 0.326 e. The van der Waals surface area contributed by atoms with Crippen molar-refractivity contribution in [3.8, 4) is 0 Å². The Kier molecular flexibility index (Phi) is 6.52. The van der Waals surface area contributed by atoms with E-state index < -0.39 is 18.0 Å². The molecule has 0 aromatic carbocycles. The number of anilines is 1. The molecule has 4 heterocycles. The van der Waals surface area contributed by atoms with Gasteiger partial charge in [-0.3, -0.25) is 10.1 Å². The van der Waals surface area contributed by atoms with Gasteiger partial charge in [0.1, 0.15) is 11.9 Å². The van der Waals surface area contributed by atoms with E-state index in [0.29, 0.717) is 43.1 Å². The fourth-order valence-corrected chi connectivity index (χ4v) is 4.28. The Bertz CT molecular complexity index is 1030. The number of urea groups is 1. The number of carbonyl (C=O) groups is 3. The molecule has 168 valence electrons. The van der Waals surface area contributed by atoms with E-state index in [9.17, 15) is 19.5 Å². The van der Waals surface area contributed by atoms with Crippen molar-refractivity contribution in [2.24, 2.45) is 0 Å². The number of aliphatic carboxylic acids is 1. The number of hydrogen-bond acceptors (Lipinski definition) is 6. The lowest BCUT2D eigenvalue weighted by molar-refractivity contribution is -0.142. The molecule has 0 aliphatic carbocycles. The number of amides is 3. The van der Waals surface area contributed by atoms with Crippen LogP contribution in [-0.4, -0.2) is 63.0 Å². The van der Waals surface area contributed by atoms with Gasteiger partial charge in [0, 0.05) is 35.8 Å². The van der Waals surface area contributed by atoms with E-state index in [1.165, 1.54) is 11.0 Å². The van der Waals surface area contributed by atoms with Crippen LogP contribution in [0.1, 0.15) is 29.3 Å². The molecule has 0 radical (unpaired) electrons. The minimum Gasteiger partial charge on any atom is -0.480 e. The average Bonchev–Trinajstić information content (AvgIpc) is 3.25. The van der Waals surface area contributed by atoms with Crippen molar-refractivity contribution >= 4 is 41.1 Å². The van der Waals surface area contributed by atoms with Crippen LogP contribution in [0.2, 0.25) is 0 Å². The highest BCUT2D eigenvalue weighted by atomic mass is 32.1. The molecule has 2 aliphatic heterocycles. The van der Waals surface area contributed by atoms with Crippen LogP contribution in [0.4, 0.5) is 10.6 Å². The van der Waals surface area contributed by atoms with Gasteiger partial charge in [-0.25, -0.2) is 14.6 Å². The Morgan fingerprint density at radius 3 is 2.94 bits per heavy atom. The van der Waals surface area contributed by atoms with Gasteiger partial charge in [-0.2, -0.15) is 0 Å². The summed E-state index contributed by atoms with van der Waals surface area (Å²) < 4.78 is 5.79. The number of rotatable bonds is 8. The monoisotopic (exact) mass is 456 g/mol. The minimum atomic E-state index is -1.05. The summed E-state index contributed by atoms with van der Waals surface area (Å²) in [5, 5.41) is 14.0. The van der Waals surface area contributed by atoms with Crippen molar-refractivity contribution in [3.63, 3.8) is 0 Å². The van der Waals surface area contributed by atoms with Crippen molar-refractivity contribution < 1.29 is 24.2 Å². The molecule has 1 fully saturated rings. The summed E-state index contributed by atoms with van der Waals surface area (Å²) in [7, 11) is 0. The minimum absolute atomic E-state index is 0.0511. The highest BCUT2D eigenvalue weighted by Crippen LogP contribution is 2.25. The molecule has 0 spiro atoms. The van der Waals surface area contributed by atoms with Crippen molar-refractivity contribution in [2.75, 3.05) is 18.4 Å². The Morgan fingerprint density at radius 2 is 2.25 bits per heavy atom. The molecule has 4 rings (SSSR count). The molecule has 2 aliphatic rings. The first-order chi connectivity index (χ1) is 15.4. The number of pyridine rings is 1. The topological polar surface area (TPSA) is 112 Å². The average molecular weight is 457 g/mol. The third-order valence-corrected chi connectivity index (χ3v) is 6.33. The smallest absolute Gasteiger partial charge is 0.326 e. The lowest BCUT2D eigenvalue weighted by Crippen LogP contribution is -2.54. The van der Waals surface area contributed by atoms with Crippen molar-refractivity contribution in [3.05, 3.63) is 51.9 Å². The second kappa shape index (κ2) is 9.49. The third kappa shape index (κ3) is 4.81. The zero-order valence-electron chi connectivity index (χ0n) is 17.6. The second-order valence-electron chi connectivity index (χ2n) is 7.69. The number of fused-ring (bicyclic) bond motifs is 1. The molecule has 2 N–H and O–H groups in total. The summed E-state index contributed by atoms with van der Waals surface area (Å²) in [5.74, 6) is -0.748. The SMILES string of the molecule is CCC(C(=O)O)N1Cc2cc(/C=C/C(=O)N3CC(OCc4cccs4)C3)cnc2NC1=O. The third-order valence-electron chi connectivity index (χ3n) is 5.48. The summed E-state index contributed by atoms with van der Waals surface area (Å²) in [6.07, 6.45) is 5.08. The van der Waals surface area contributed by atoms with Gasteiger partial charge in [0.15, 0.2) is 0 Å². The Hall–Kier alpha value is -3.24. The van der Waals surface area contributed by atoms with Gasteiger partial charge in [0.2, 0.25) is 5.91 Å². The number of carboxylic acid groups (broad SMARTS) is 1. The molecular weight excluding hydrogens is 432 g/mol. The standard InChI is InChI=1S/C22H24N4O5S/c1-2-18(21(28)29)26-10-15-8-14(9-23-20(15)24-22(26)30)5-6-19(27)25-11-16(12-25)31-13-17-4-3-7-32-17/h3-9,16,18H,2,10-13H2,1H3,(H,28,29)(H,23,24,30)/b6-5+. The molecule has 1 atom stereocenters. The number of ether oxygens (including phenoxy) is 1. The van der Waals surface area contributed by atoms with Crippen molar-refractivity contribution in [2.45, 2.75) is 38.6 Å². The maximum atomic E-state index is 12.4. The first kappa shape index (κ1) is 22.0. The molecule has 1 saturated heterocycles. The summed E-state index contributed by atoms with van der Waals surface area (Å²) in [4.78, 5) is 44.5. The number of hydrogen-bond donors (Lipinski definition) is 2. The van der Waals surface area contributed by atoms with Crippen LogP contribution in [0.3, 0.4) is 0 Å². The highest BCUT2D eigenvalue weighted by Gasteiger charge is 2.33. The predicted octanol–water partition coefficient (Wildman–Crippen LogP) is 2.79. The molecule has 0 bridgehead atoms. The first-order valence-electron chi connectivity index (χ1n) is 10.3. The zero-order chi connectivity index (χ0) is 22.7. The highest BCUT2D eigenvalue weighted by molar-refractivity contribution is 7.09. The Balaban J connectivity index is 1.33. The normalized spacial score (nSPS) is 17.1. The summed E-state index contributed by atoms with van der Waals surface area (Å²) in [6, 6.07) is 4.42. The second-order valence-corrected chi connectivity index (χ2v) is 8.72. The van der Waals surface area contributed by atoms with Crippen LogP contribution in [-0.2, 0) is 27.5 Å². The van der Waals surface area contributed by atoms with Gasteiger partial charge in [0.25, 0.3) is 0 Å². The number of thiophene rings is 1. The fraction of sp³-hybridized carbons (Fsp3) is 0.364. The van der Waals surface area contributed by atoms with Crippen LogP contribution >= 0.6 is 11.3 Å². The molecule has 32 heavy (non-hydrogen) atoms. The number of carboxylic acids is 1. The van der Waals surface area contributed by atoms with E-state index in [0.717, 1.165) is 4.88 Å². The van der Waals surface area contributed by atoms with E-state index in [-0.39, 0.29) is 18.6 Å². The maximum absolute atomic E-state index is 12.4. The number of carbonyl (C=O) groups excluding carboxylic acids is 2. The van der Waals surface area contributed by atoms with Gasteiger partial charge in [-0.05, 0) is 35.6 Å². The van der Waals surface area contributed by atoms with E-state index in [1.54, 1.807) is 41.5 Å². The molecular formula is C22H24N4O5S. The quantitative estimate of drug-likeness (QED) is 0.591. The predicted molar refractivity (Wildman–Crippen MR) is 119 cm³/mol. The summed E-state index contributed by atoms with van der Waals surface area (Å²) >= 11 is 1.65. The van der Waals surface area contributed by atoms with Gasteiger partial charge in [0.05, 0.1) is 19.3 Å². The number of nitrogens with one attached hydrogen (secondary N) is 1. The molecule has 2 aromatic heterocycles. The van der Waals surface area contributed by atoms with Gasteiger partial charge < -0.3 is 19.6 Å². The molecule has 1 unspecified atom stereocenters. The summed E-state index contributed by atoms with van der Waals surface area (Å²) in [5.41, 5.74) is 1.40. The lowest BCUT2D eigenvalue weighted by Gasteiger charge is -2.38. The number of nitrogens with zero attached hydrogens (tertiary/aromatic N) is 3. The van der Waals surface area contributed by atoms with Gasteiger partial charge in [-0.15, -0.1) is 11.3 Å². The van der Waals surface area contributed by atoms with E-state index in [1.807, 2.05) is 17.5 Å².